The average Bonchev–Trinajstić information content (AvgIpc) is 3.31. The van der Waals surface area contributed by atoms with Gasteiger partial charge in [-0.15, -0.1) is 0 Å². The molecule has 13 nitrogen and oxygen atoms in total. The van der Waals surface area contributed by atoms with E-state index in [1.54, 1.807) is 0 Å². The number of esters is 1. The van der Waals surface area contributed by atoms with Gasteiger partial charge in [0.05, 0.1) is 24.8 Å². The van der Waals surface area contributed by atoms with Crippen LogP contribution in [0.2, 0.25) is 36.3 Å². The van der Waals surface area contributed by atoms with Crippen molar-refractivity contribution in [3.63, 3.8) is 0 Å². The Labute approximate surface area is 267 Å². The van der Waals surface area contributed by atoms with Crippen LogP contribution in [0.15, 0.2) is 39.0 Å². The van der Waals surface area contributed by atoms with E-state index >= 15 is 0 Å². The number of carbonyl (C=O) groups excluding carboxylic acids is 1. The number of carbonyl (C=O) groups is 1. The van der Waals surface area contributed by atoms with Crippen molar-refractivity contribution < 1.29 is 35.7 Å². The normalized spacial score (nSPS) is 25.7. The zero-order valence-electron chi connectivity index (χ0n) is 28.4. The molecule has 254 valence electrons. The van der Waals surface area contributed by atoms with Crippen LogP contribution in [0.4, 0.5) is 0 Å². The molecule has 3 heterocycles. The highest BCUT2D eigenvalue weighted by molar-refractivity contribution is 7.90. The molecule has 1 spiro atoms. The van der Waals surface area contributed by atoms with Crippen molar-refractivity contribution in [1.82, 2.24) is 9.13 Å². The Hall–Kier alpha value is -2.35. The highest BCUT2D eigenvalue weighted by Crippen LogP contribution is 2.52. The van der Waals surface area contributed by atoms with Crippen molar-refractivity contribution in [3.8, 4) is 0 Å². The number of hydrogen-bond acceptors (Lipinski definition) is 11. The molecule has 0 unspecified atom stereocenters. The first-order valence-corrected chi connectivity index (χ1v) is 22.1. The standard InChI is InChI=1S/C29H49N3O10SSi2/c1-19-16-32(26(35)31(24(19)34)15-13-14-22(33)38-8)25-23(41-45(11,12)28(5,6)7)29(20(30)18-43(36,37)42-29)21(40-25)17-39-44(9,10)27(2,3)4/h13-14,16,18,21,23,25H,15,17,30H2,1-12H3/b14-13+/t21-,23+,25-,29-/m1/s1. The van der Waals surface area contributed by atoms with E-state index in [2.05, 4.69) is 25.5 Å². The van der Waals surface area contributed by atoms with Crippen LogP contribution in [0.3, 0.4) is 0 Å². The van der Waals surface area contributed by atoms with Crippen LogP contribution in [0.25, 0.3) is 0 Å². The van der Waals surface area contributed by atoms with Crippen LogP contribution in [0.1, 0.15) is 53.3 Å². The molecule has 16 heteroatoms. The van der Waals surface area contributed by atoms with Crippen LogP contribution in [0.5, 0.6) is 0 Å². The van der Waals surface area contributed by atoms with E-state index in [1.165, 1.54) is 30.9 Å². The molecule has 1 aromatic rings. The van der Waals surface area contributed by atoms with Gasteiger partial charge in [-0.25, -0.2) is 13.8 Å². The van der Waals surface area contributed by atoms with Gasteiger partial charge in [0, 0.05) is 24.4 Å². The lowest BCUT2D eigenvalue weighted by Crippen LogP contribution is -2.59. The highest BCUT2D eigenvalue weighted by atomic mass is 32.2. The fraction of sp³-hybridized carbons (Fsp3) is 0.690. The number of aryl methyl sites for hydroxylation is 1. The highest BCUT2D eigenvalue weighted by Gasteiger charge is 2.67. The molecule has 2 aliphatic heterocycles. The SMILES string of the molecule is COC(=O)/C=C/Cn1c(=O)c(C)cn([C@@H]2O[C@H](CO[Si](C)(C)C(C)(C)C)[C@@]3(OS(=O)(=O)C=C3N)[C@H]2O[Si](C)(C)C(C)(C)C)c1=O. The number of allylic oxidation sites excluding steroid dienone is 1. The van der Waals surface area contributed by atoms with Gasteiger partial charge in [0.2, 0.25) is 0 Å². The molecule has 45 heavy (non-hydrogen) atoms. The second kappa shape index (κ2) is 12.4. The second-order valence-corrected chi connectivity index (χ2v) is 25.6. The second-order valence-electron chi connectivity index (χ2n) is 14.7. The summed E-state index contributed by atoms with van der Waals surface area (Å²) < 4.78 is 58.6. The number of methoxy groups -OCH3 is 1. The predicted octanol–water partition coefficient (Wildman–Crippen LogP) is 3.26. The first-order chi connectivity index (χ1) is 20.3. The topological polar surface area (TPSA) is 167 Å². The molecule has 1 fully saturated rings. The summed E-state index contributed by atoms with van der Waals surface area (Å²) in [4.78, 5) is 38.7. The summed E-state index contributed by atoms with van der Waals surface area (Å²) >= 11 is 0. The number of nitrogens with zero attached hydrogens (tertiary/aromatic N) is 2. The monoisotopic (exact) mass is 687 g/mol. The van der Waals surface area contributed by atoms with Crippen LogP contribution in [0, 0.1) is 6.92 Å². The van der Waals surface area contributed by atoms with Crippen molar-refractivity contribution in [2.24, 2.45) is 5.73 Å². The van der Waals surface area contributed by atoms with Gasteiger partial charge in [-0.2, -0.15) is 8.42 Å². The fourth-order valence-corrected chi connectivity index (χ4v) is 8.14. The Bertz CT molecular complexity index is 1600. The first kappa shape index (κ1) is 37.1. The molecule has 0 saturated carbocycles. The summed E-state index contributed by atoms with van der Waals surface area (Å²) in [6.45, 7) is 21.5. The molecule has 2 N–H and O–H groups in total. The third-order valence-electron chi connectivity index (χ3n) is 9.45. The zero-order valence-corrected chi connectivity index (χ0v) is 31.2. The molecule has 0 bridgehead atoms. The third kappa shape index (κ3) is 7.16. The minimum Gasteiger partial charge on any atom is -0.466 e. The summed E-state index contributed by atoms with van der Waals surface area (Å²) in [6, 6.07) is 0. The number of hydrogen-bond donors (Lipinski definition) is 1. The van der Waals surface area contributed by atoms with Gasteiger partial charge in [0.25, 0.3) is 15.7 Å². The van der Waals surface area contributed by atoms with Gasteiger partial charge in [-0.05, 0) is 43.2 Å². The van der Waals surface area contributed by atoms with Crippen LogP contribution >= 0.6 is 0 Å². The molecule has 2 aliphatic rings. The van der Waals surface area contributed by atoms with Crippen molar-refractivity contribution in [3.05, 3.63) is 55.9 Å². The molecule has 3 rings (SSSR count). The smallest absolute Gasteiger partial charge is 0.333 e. The van der Waals surface area contributed by atoms with Crippen molar-refractivity contribution in [2.45, 2.75) is 115 Å². The lowest BCUT2D eigenvalue weighted by atomic mass is 9.89. The summed E-state index contributed by atoms with van der Waals surface area (Å²) in [7, 11) is -8.19. The Balaban J connectivity index is 2.28. The van der Waals surface area contributed by atoms with E-state index in [0.717, 1.165) is 16.1 Å². The molecule has 0 radical (unpaired) electrons. The Morgan fingerprint density at radius 2 is 1.67 bits per heavy atom. The van der Waals surface area contributed by atoms with Crippen molar-refractivity contribution >= 4 is 32.7 Å². The predicted molar refractivity (Wildman–Crippen MR) is 175 cm³/mol. The molecular weight excluding hydrogens is 639 g/mol. The third-order valence-corrected chi connectivity index (χ3v) is 19.5. The minimum atomic E-state index is -4.26. The number of aromatic nitrogens is 2. The van der Waals surface area contributed by atoms with Gasteiger partial charge in [-0.1, -0.05) is 47.6 Å². The Morgan fingerprint density at radius 3 is 2.16 bits per heavy atom. The van der Waals surface area contributed by atoms with Crippen LogP contribution < -0.4 is 17.0 Å². The van der Waals surface area contributed by atoms with Gasteiger partial charge >= 0.3 is 11.7 Å². The number of nitrogens with two attached hydrogens (primary N) is 1. The molecule has 1 aromatic heterocycles. The lowest BCUT2D eigenvalue weighted by Gasteiger charge is -2.43. The first-order valence-electron chi connectivity index (χ1n) is 14.8. The van der Waals surface area contributed by atoms with Gasteiger partial charge < -0.3 is 24.1 Å². The van der Waals surface area contributed by atoms with E-state index in [1.807, 2.05) is 47.0 Å². The van der Waals surface area contributed by atoms with E-state index in [-0.39, 0.29) is 34.5 Å². The van der Waals surface area contributed by atoms with E-state index in [9.17, 15) is 22.8 Å². The van der Waals surface area contributed by atoms with Gasteiger partial charge in [0.1, 0.15) is 12.2 Å². The van der Waals surface area contributed by atoms with Gasteiger partial charge in [0.15, 0.2) is 28.5 Å². The molecular formula is C29H49N3O10SSi2. The quantitative estimate of drug-likeness (QED) is 0.175. The maximum Gasteiger partial charge on any atom is 0.333 e. The molecule has 1 saturated heterocycles. The number of rotatable bonds is 9. The maximum atomic E-state index is 14.0. The van der Waals surface area contributed by atoms with Crippen LogP contribution in [-0.2, 0) is 44.0 Å². The van der Waals surface area contributed by atoms with Crippen molar-refractivity contribution in [2.75, 3.05) is 13.7 Å². The fourth-order valence-electron chi connectivity index (χ4n) is 4.64. The van der Waals surface area contributed by atoms with E-state index < -0.39 is 68.0 Å². The zero-order chi connectivity index (χ0) is 34.6. The molecule has 0 aliphatic carbocycles. The Kier molecular flexibility index (Phi) is 10.2. The van der Waals surface area contributed by atoms with E-state index in [0.29, 0.717) is 0 Å². The molecule has 0 amide bonds. The summed E-state index contributed by atoms with van der Waals surface area (Å²) in [6.07, 6.45) is 0.198. The maximum absolute atomic E-state index is 14.0. The summed E-state index contributed by atoms with van der Waals surface area (Å²) in [5, 5.41) is 0.329. The minimum absolute atomic E-state index is 0.0936. The van der Waals surface area contributed by atoms with Gasteiger partial charge in [-0.3, -0.25) is 13.9 Å². The Morgan fingerprint density at radius 1 is 1.09 bits per heavy atom. The lowest BCUT2D eigenvalue weighted by molar-refractivity contribution is -0.134. The van der Waals surface area contributed by atoms with Crippen LogP contribution in [-0.4, -0.2) is 71.7 Å². The molecule has 4 atom stereocenters. The average molecular weight is 688 g/mol. The van der Waals surface area contributed by atoms with Crippen molar-refractivity contribution in [1.29, 1.82) is 0 Å². The number of ether oxygens (including phenoxy) is 2. The largest absolute Gasteiger partial charge is 0.466 e. The summed E-state index contributed by atoms with van der Waals surface area (Å²) in [5.41, 5.74) is 3.40. The summed E-state index contributed by atoms with van der Waals surface area (Å²) in [5.74, 6) is -0.647. The molecule has 0 aromatic carbocycles. The van der Waals surface area contributed by atoms with E-state index in [4.69, 9.17) is 23.5 Å².